The molecule has 0 spiro atoms. The van der Waals surface area contributed by atoms with Crippen molar-refractivity contribution < 1.29 is 24.2 Å². The number of allylic oxidation sites excluding steroid dienone is 1. The minimum Gasteiger partial charge on any atom is -0.462 e. The molecule has 1 N–H and O–H groups in total. The Balaban J connectivity index is 4.07. The monoisotopic (exact) mass is 736 g/mol. The number of aliphatic hydroxyl groups is 1. The Hall–Kier alpha value is -1.40. The Bertz CT molecular complexity index is 772. The largest absolute Gasteiger partial charge is 0.462 e. The van der Waals surface area contributed by atoms with Crippen molar-refractivity contribution >= 4 is 11.9 Å². The number of carbonyl (C=O) groups excluding carboxylic acids is 2. The van der Waals surface area contributed by atoms with E-state index >= 15 is 0 Å². The number of rotatable bonds is 42. The third-order valence-electron chi connectivity index (χ3n) is 10.4. The third-order valence-corrected chi connectivity index (χ3v) is 10.4. The van der Waals surface area contributed by atoms with E-state index in [1.807, 2.05) is 6.08 Å². The summed E-state index contributed by atoms with van der Waals surface area (Å²) in [4.78, 5) is 27.2. The first-order valence-electron chi connectivity index (χ1n) is 22.9. The summed E-state index contributed by atoms with van der Waals surface area (Å²) < 4.78 is 11.4. The SMILES string of the molecule is CCCCCC/C=C\COC(=O)CCCCCCCN(CCCO)CCCCCCCC(=O)OC(CCCCCCCC)CCCCCCCCC. The number of esters is 2. The van der Waals surface area contributed by atoms with Gasteiger partial charge in [0, 0.05) is 26.0 Å². The van der Waals surface area contributed by atoms with Crippen LogP contribution in [0.3, 0.4) is 0 Å². The minimum absolute atomic E-state index is 0.0188. The van der Waals surface area contributed by atoms with Crippen LogP contribution in [0.5, 0.6) is 0 Å². The first kappa shape index (κ1) is 50.6. The van der Waals surface area contributed by atoms with E-state index in [9.17, 15) is 14.7 Å². The van der Waals surface area contributed by atoms with Crippen molar-refractivity contribution in [1.29, 1.82) is 0 Å². The van der Waals surface area contributed by atoms with Crippen molar-refractivity contribution in [3.63, 3.8) is 0 Å². The second-order valence-corrected chi connectivity index (χ2v) is 15.5. The molecule has 52 heavy (non-hydrogen) atoms. The van der Waals surface area contributed by atoms with Gasteiger partial charge in [-0.3, -0.25) is 9.59 Å². The highest BCUT2D eigenvalue weighted by Crippen LogP contribution is 2.19. The summed E-state index contributed by atoms with van der Waals surface area (Å²) in [5.41, 5.74) is 0. The van der Waals surface area contributed by atoms with Gasteiger partial charge in [-0.25, -0.2) is 0 Å². The maximum Gasteiger partial charge on any atom is 0.306 e. The molecular formula is C46H89NO5. The molecule has 0 heterocycles. The van der Waals surface area contributed by atoms with Crippen LogP contribution in [0, 0.1) is 0 Å². The maximum absolute atomic E-state index is 12.7. The molecule has 1 atom stereocenters. The number of hydrogen-bond donors (Lipinski definition) is 1. The van der Waals surface area contributed by atoms with Crippen LogP contribution >= 0.6 is 0 Å². The van der Waals surface area contributed by atoms with Gasteiger partial charge in [0.15, 0.2) is 0 Å². The highest BCUT2D eigenvalue weighted by atomic mass is 16.5. The summed E-state index contributed by atoms with van der Waals surface area (Å²) in [6.45, 7) is 10.5. The van der Waals surface area contributed by atoms with E-state index in [4.69, 9.17) is 9.47 Å². The minimum atomic E-state index is -0.0766. The van der Waals surface area contributed by atoms with E-state index in [1.165, 1.54) is 135 Å². The van der Waals surface area contributed by atoms with Crippen LogP contribution in [0.4, 0.5) is 0 Å². The molecule has 0 aliphatic carbocycles. The molecular weight excluding hydrogens is 647 g/mol. The first-order valence-corrected chi connectivity index (χ1v) is 22.9. The number of hydrogen-bond acceptors (Lipinski definition) is 6. The molecule has 0 saturated heterocycles. The Labute approximate surface area is 324 Å². The first-order chi connectivity index (χ1) is 25.6. The molecule has 6 nitrogen and oxygen atoms in total. The molecule has 0 aromatic carbocycles. The molecule has 0 aromatic rings. The highest BCUT2D eigenvalue weighted by molar-refractivity contribution is 5.69. The van der Waals surface area contributed by atoms with Gasteiger partial charge >= 0.3 is 11.9 Å². The molecule has 0 radical (unpaired) electrons. The fraction of sp³-hybridized carbons (Fsp3) is 0.913. The van der Waals surface area contributed by atoms with E-state index in [-0.39, 0.29) is 24.6 Å². The number of aliphatic hydroxyl groups excluding tert-OH is 1. The van der Waals surface area contributed by atoms with Gasteiger partial charge in [-0.1, -0.05) is 161 Å². The maximum atomic E-state index is 12.7. The van der Waals surface area contributed by atoms with Crippen LogP contribution in [0.1, 0.15) is 233 Å². The molecule has 6 heteroatoms. The van der Waals surface area contributed by atoms with Crippen molar-refractivity contribution in [3.8, 4) is 0 Å². The molecule has 0 saturated carbocycles. The average Bonchev–Trinajstić information content (AvgIpc) is 3.14. The topological polar surface area (TPSA) is 76.1 Å². The van der Waals surface area contributed by atoms with Crippen LogP contribution in [0.15, 0.2) is 12.2 Å². The molecule has 308 valence electrons. The van der Waals surface area contributed by atoms with E-state index in [0.717, 1.165) is 83.8 Å². The van der Waals surface area contributed by atoms with Crippen molar-refractivity contribution in [2.24, 2.45) is 0 Å². The van der Waals surface area contributed by atoms with Gasteiger partial charge in [0.05, 0.1) is 0 Å². The summed E-state index contributed by atoms with van der Waals surface area (Å²) in [6.07, 6.45) is 42.2. The predicted molar refractivity (Wildman–Crippen MR) is 223 cm³/mol. The van der Waals surface area contributed by atoms with Gasteiger partial charge in [0.1, 0.15) is 12.7 Å². The van der Waals surface area contributed by atoms with Crippen LogP contribution in [0.25, 0.3) is 0 Å². The molecule has 0 aliphatic heterocycles. The molecule has 0 aromatic heterocycles. The Morgan fingerprint density at radius 2 is 0.923 bits per heavy atom. The average molecular weight is 736 g/mol. The summed E-state index contributed by atoms with van der Waals surface area (Å²) in [7, 11) is 0. The smallest absolute Gasteiger partial charge is 0.306 e. The Morgan fingerprint density at radius 3 is 1.44 bits per heavy atom. The fourth-order valence-corrected chi connectivity index (χ4v) is 6.98. The van der Waals surface area contributed by atoms with Crippen molar-refractivity contribution in [1.82, 2.24) is 4.90 Å². The predicted octanol–water partition coefficient (Wildman–Crippen LogP) is 13.2. The summed E-state index contributed by atoms with van der Waals surface area (Å²) in [6, 6.07) is 0. The standard InChI is InChI=1S/C46H89NO5/c1-4-7-10-13-16-21-28-36-44(35-27-20-15-12-9-6-3)52-46(50)38-30-23-19-25-32-40-47(41-34-42-48)39-31-24-18-22-29-37-45(49)51-43-33-26-17-14-11-8-5-2/h26,33,44,48H,4-25,27-32,34-43H2,1-3H3/b33-26-. The zero-order chi connectivity index (χ0) is 38.0. The second kappa shape index (κ2) is 42.3. The second-order valence-electron chi connectivity index (χ2n) is 15.5. The molecule has 0 fully saturated rings. The highest BCUT2D eigenvalue weighted by Gasteiger charge is 2.14. The zero-order valence-corrected chi connectivity index (χ0v) is 35.1. The lowest BCUT2D eigenvalue weighted by atomic mass is 10.0. The summed E-state index contributed by atoms with van der Waals surface area (Å²) in [5, 5.41) is 9.38. The van der Waals surface area contributed by atoms with Crippen molar-refractivity contribution in [2.75, 3.05) is 32.8 Å². The molecule has 1 unspecified atom stereocenters. The molecule has 0 rings (SSSR count). The molecule has 0 amide bonds. The zero-order valence-electron chi connectivity index (χ0n) is 35.1. The lowest BCUT2D eigenvalue weighted by Gasteiger charge is -2.22. The number of nitrogens with zero attached hydrogens (tertiary/aromatic N) is 1. The number of ether oxygens (including phenoxy) is 2. The normalized spacial score (nSPS) is 12.2. The van der Waals surface area contributed by atoms with E-state index in [1.54, 1.807) is 0 Å². The van der Waals surface area contributed by atoms with Crippen LogP contribution in [-0.4, -0.2) is 60.9 Å². The molecule has 0 aliphatic rings. The van der Waals surface area contributed by atoms with Crippen molar-refractivity contribution in [2.45, 2.75) is 239 Å². The fourth-order valence-electron chi connectivity index (χ4n) is 6.98. The molecule has 0 bridgehead atoms. The van der Waals surface area contributed by atoms with E-state index < -0.39 is 0 Å². The van der Waals surface area contributed by atoms with Crippen molar-refractivity contribution in [3.05, 3.63) is 12.2 Å². The number of unbranched alkanes of at least 4 members (excludes halogenated alkanes) is 23. The third kappa shape index (κ3) is 38.3. The van der Waals surface area contributed by atoms with Gasteiger partial charge in [-0.2, -0.15) is 0 Å². The Kier molecular flexibility index (Phi) is 41.2. The quantitative estimate of drug-likeness (QED) is 0.0382. The van der Waals surface area contributed by atoms with Crippen LogP contribution in [-0.2, 0) is 19.1 Å². The van der Waals surface area contributed by atoms with Gasteiger partial charge in [0.25, 0.3) is 0 Å². The lowest BCUT2D eigenvalue weighted by molar-refractivity contribution is -0.150. The summed E-state index contributed by atoms with van der Waals surface area (Å²) in [5.74, 6) is -0.0578. The summed E-state index contributed by atoms with van der Waals surface area (Å²) >= 11 is 0. The van der Waals surface area contributed by atoms with E-state index in [0.29, 0.717) is 19.4 Å². The van der Waals surface area contributed by atoms with E-state index in [2.05, 4.69) is 31.7 Å². The van der Waals surface area contributed by atoms with Crippen LogP contribution in [0.2, 0.25) is 0 Å². The van der Waals surface area contributed by atoms with Crippen LogP contribution < -0.4 is 0 Å². The van der Waals surface area contributed by atoms with Gasteiger partial charge in [0.2, 0.25) is 0 Å². The van der Waals surface area contributed by atoms with Gasteiger partial charge in [-0.05, 0) is 83.7 Å². The van der Waals surface area contributed by atoms with Gasteiger partial charge < -0.3 is 19.5 Å². The Morgan fingerprint density at radius 1 is 0.500 bits per heavy atom. The van der Waals surface area contributed by atoms with Gasteiger partial charge in [-0.15, -0.1) is 0 Å². The lowest BCUT2D eigenvalue weighted by Crippen LogP contribution is -2.27. The number of carbonyl (C=O) groups is 2.